The number of likely N-dealkylation sites (tertiary alicyclic amines) is 1. The van der Waals surface area contributed by atoms with Crippen molar-refractivity contribution in [2.24, 2.45) is 0 Å². The van der Waals surface area contributed by atoms with Crippen molar-refractivity contribution in [3.63, 3.8) is 0 Å². The fraction of sp³-hybridized carbons (Fsp3) is 0.333. The number of aryl methyl sites for hydroxylation is 1. The highest BCUT2D eigenvalue weighted by molar-refractivity contribution is 5.81. The molecule has 4 rings (SSSR count). The van der Waals surface area contributed by atoms with Gasteiger partial charge in [0.05, 0.1) is 18.7 Å². The molecule has 4 heterocycles. The van der Waals surface area contributed by atoms with E-state index in [0.717, 1.165) is 0 Å². The molecule has 0 atom stereocenters. The van der Waals surface area contributed by atoms with E-state index < -0.39 is 0 Å². The van der Waals surface area contributed by atoms with E-state index in [4.69, 9.17) is 5.73 Å². The zero-order valence-corrected chi connectivity index (χ0v) is 13.3. The number of amides is 1. The Kier molecular flexibility index (Phi) is 3.64. The number of hydrogen-bond acceptors (Lipinski definition) is 7. The van der Waals surface area contributed by atoms with Gasteiger partial charge in [0.15, 0.2) is 11.5 Å². The van der Waals surface area contributed by atoms with Gasteiger partial charge in [0.2, 0.25) is 5.91 Å². The van der Waals surface area contributed by atoms with E-state index in [1.807, 2.05) is 4.57 Å². The number of carbonyl (C=O) groups is 1. The molecule has 0 bridgehead atoms. The van der Waals surface area contributed by atoms with E-state index in [0.29, 0.717) is 36.6 Å². The lowest BCUT2D eigenvalue weighted by molar-refractivity contribution is -0.137. The van der Waals surface area contributed by atoms with Gasteiger partial charge in [-0.2, -0.15) is 0 Å². The molecule has 1 fully saturated rings. The Morgan fingerprint density at radius 1 is 1.24 bits per heavy atom. The molecule has 10 heteroatoms. The number of imidazole rings is 1. The molecule has 1 amide bonds. The molecule has 0 unspecified atom stereocenters. The number of hydrogen-bond donors (Lipinski definition) is 1. The Bertz CT molecular complexity index is 988. The minimum Gasteiger partial charge on any atom is -0.382 e. The Morgan fingerprint density at radius 2 is 2.08 bits per heavy atom. The molecule has 2 N–H and O–H groups in total. The molecular formula is C15H16N8O2. The highest BCUT2D eigenvalue weighted by atomic mass is 16.2. The molecule has 1 aliphatic rings. The molecular weight excluding hydrogens is 324 g/mol. The first-order valence-electron chi connectivity index (χ1n) is 7.84. The second kappa shape index (κ2) is 5.96. The van der Waals surface area contributed by atoms with E-state index in [2.05, 4.69) is 19.9 Å². The maximum Gasteiger partial charge on any atom is 0.253 e. The first kappa shape index (κ1) is 15.2. The van der Waals surface area contributed by atoms with Crippen LogP contribution in [-0.2, 0) is 11.3 Å². The number of fused-ring (bicyclic) bond motifs is 1. The van der Waals surface area contributed by atoms with Crippen molar-refractivity contribution in [2.45, 2.75) is 19.0 Å². The lowest BCUT2D eigenvalue weighted by Gasteiger charge is -2.40. The van der Waals surface area contributed by atoms with Gasteiger partial charge < -0.3 is 15.2 Å². The summed E-state index contributed by atoms with van der Waals surface area (Å²) in [6.45, 7) is 1.48. The molecule has 10 nitrogen and oxygen atoms in total. The first-order chi connectivity index (χ1) is 12.1. The molecule has 0 aliphatic carbocycles. The van der Waals surface area contributed by atoms with Crippen LogP contribution in [0.3, 0.4) is 0 Å². The summed E-state index contributed by atoms with van der Waals surface area (Å²) in [7, 11) is 0. The van der Waals surface area contributed by atoms with Crippen LogP contribution in [0.5, 0.6) is 0 Å². The summed E-state index contributed by atoms with van der Waals surface area (Å²) >= 11 is 0. The van der Waals surface area contributed by atoms with Crippen molar-refractivity contribution in [3.05, 3.63) is 41.6 Å². The summed E-state index contributed by atoms with van der Waals surface area (Å²) in [5, 5.41) is 0. The van der Waals surface area contributed by atoms with E-state index >= 15 is 0 Å². The third-order valence-corrected chi connectivity index (χ3v) is 4.35. The van der Waals surface area contributed by atoms with Gasteiger partial charge in [-0.1, -0.05) is 0 Å². The zero-order chi connectivity index (χ0) is 17.4. The van der Waals surface area contributed by atoms with Crippen LogP contribution in [-0.4, -0.2) is 53.0 Å². The lowest BCUT2D eigenvalue weighted by atomic mass is 10.1. The van der Waals surface area contributed by atoms with Gasteiger partial charge in [-0.05, 0) is 0 Å². The summed E-state index contributed by atoms with van der Waals surface area (Å²) < 4.78 is 3.35. The van der Waals surface area contributed by atoms with Crippen LogP contribution in [0.1, 0.15) is 12.5 Å². The summed E-state index contributed by atoms with van der Waals surface area (Å²) in [5.74, 6) is 0.350. The molecule has 0 saturated carbocycles. The van der Waals surface area contributed by atoms with Gasteiger partial charge in [-0.25, -0.2) is 19.9 Å². The lowest BCUT2D eigenvalue weighted by Crippen LogP contribution is -2.50. The van der Waals surface area contributed by atoms with Crippen molar-refractivity contribution in [1.29, 1.82) is 0 Å². The summed E-state index contributed by atoms with van der Waals surface area (Å²) in [6.07, 6.45) is 6.22. The van der Waals surface area contributed by atoms with E-state index in [1.165, 1.54) is 29.5 Å². The topological polar surface area (TPSA) is 125 Å². The molecule has 0 spiro atoms. The molecule has 1 saturated heterocycles. The van der Waals surface area contributed by atoms with Crippen LogP contribution >= 0.6 is 0 Å². The molecule has 3 aromatic rings. The summed E-state index contributed by atoms with van der Waals surface area (Å²) in [6, 6.07) is 1.49. The number of anilines is 1. The van der Waals surface area contributed by atoms with Crippen molar-refractivity contribution >= 4 is 22.9 Å². The first-order valence-corrected chi connectivity index (χ1v) is 7.84. The average molecular weight is 340 g/mol. The Morgan fingerprint density at radius 3 is 2.88 bits per heavy atom. The summed E-state index contributed by atoms with van der Waals surface area (Å²) in [4.78, 5) is 41.9. The number of aromatic nitrogens is 6. The van der Waals surface area contributed by atoms with Crippen LogP contribution in [0, 0.1) is 0 Å². The van der Waals surface area contributed by atoms with Crippen LogP contribution < -0.4 is 11.3 Å². The molecule has 1 aliphatic heterocycles. The minimum absolute atomic E-state index is 0.00515. The quantitative estimate of drug-likeness (QED) is 0.675. The smallest absolute Gasteiger partial charge is 0.253 e. The third kappa shape index (κ3) is 2.71. The van der Waals surface area contributed by atoms with Crippen LogP contribution in [0.4, 0.5) is 5.82 Å². The van der Waals surface area contributed by atoms with Crippen LogP contribution in [0.25, 0.3) is 11.2 Å². The molecule has 128 valence electrons. The van der Waals surface area contributed by atoms with Gasteiger partial charge in [-0.3, -0.25) is 14.2 Å². The van der Waals surface area contributed by atoms with Crippen LogP contribution in [0.2, 0.25) is 0 Å². The summed E-state index contributed by atoms with van der Waals surface area (Å²) in [5.41, 5.74) is 6.87. The van der Waals surface area contributed by atoms with Gasteiger partial charge in [0.25, 0.3) is 5.56 Å². The number of rotatable bonds is 4. The van der Waals surface area contributed by atoms with Crippen molar-refractivity contribution in [2.75, 3.05) is 18.8 Å². The third-order valence-electron chi connectivity index (χ3n) is 4.35. The molecule has 0 radical (unpaired) electrons. The number of nitrogens with zero attached hydrogens (tertiary/aromatic N) is 7. The van der Waals surface area contributed by atoms with Gasteiger partial charge in [0, 0.05) is 38.3 Å². The highest BCUT2D eigenvalue weighted by Crippen LogP contribution is 2.26. The van der Waals surface area contributed by atoms with Crippen molar-refractivity contribution < 1.29 is 4.79 Å². The van der Waals surface area contributed by atoms with Gasteiger partial charge in [-0.15, -0.1) is 0 Å². The largest absolute Gasteiger partial charge is 0.382 e. The predicted molar refractivity (Wildman–Crippen MR) is 88.5 cm³/mol. The minimum atomic E-state index is -0.161. The highest BCUT2D eigenvalue weighted by Gasteiger charge is 2.32. The molecule has 0 aromatic carbocycles. The Balaban J connectivity index is 1.38. The number of carbonyl (C=O) groups excluding carboxylic acids is 1. The van der Waals surface area contributed by atoms with Gasteiger partial charge >= 0.3 is 0 Å². The normalized spacial score (nSPS) is 14.6. The van der Waals surface area contributed by atoms with Crippen molar-refractivity contribution in [1.82, 2.24) is 34.0 Å². The molecule has 3 aromatic heterocycles. The fourth-order valence-corrected chi connectivity index (χ4v) is 2.89. The molecule has 25 heavy (non-hydrogen) atoms. The number of nitrogens with two attached hydrogens (primary N) is 1. The fourth-order valence-electron chi connectivity index (χ4n) is 2.89. The standard InChI is InChI=1S/C15H16N8O2/c16-14-13-15(19-7-18-14)23(9-20-13)10-5-22(6-10)12(25)2-4-21-8-17-3-1-11(21)24/h1,3,7-10H,2,4-6H2,(H2,16,18,19). The van der Waals surface area contributed by atoms with Gasteiger partial charge in [0.1, 0.15) is 11.8 Å². The van der Waals surface area contributed by atoms with Crippen LogP contribution in [0.15, 0.2) is 36.0 Å². The predicted octanol–water partition coefficient (Wildman–Crippen LogP) is -0.561. The maximum atomic E-state index is 12.3. The zero-order valence-electron chi connectivity index (χ0n) is 13.3. The Labute approximate surface area is 142 Å². The van der Waals surface area contributed by atoms with E-state index in [9.17, 15) is 9.59 Å². The Hall–Kier alpha value is -3.30. The van der Waals surface area contributed by atoms with Crippen molar-refractivity contribution in [3.8, 4) is 0 Å². The second-order valence-electron chi connectivity index (χ2n) is 5.90. The van der Waals surface area contributed by atoms with E-state index in [1.54, 1.807) is 11.2 Å². The van der Waals surface area contributed by atoms with E-state index in [-0.39, 0.29) is 23.9 Å². The maximum absolute atomic E-state index is 12.3. The number of nitrogen functional groups attached to an aromatic ring is 1. The monoisotopic (exact) mass is 340 g/mol. The second-order valence-corrected chi connectivity index (χ2v) is 5.90. The average Bonchev–Trinajstić information content (AvgIpc) is 2.98. The SMILES string of the molecule is Nc1ncnc2c1ncn2C1CN(C(=O)CCn2cnccc2=O)C1.